The molecule has 1 saturated carbocycles. The Balaban J connectivity index is 1.38. The molecule has 30 heavy (non-hydrogen) atoms. The van der Waals surface area contributed by atoms with Gasteiger partial charge in [-0.1, -0.05) is 12.1 Å². The van der Waals surface area contributed by atoms with Crippen LogP contribution in [0.2, 0.25) is 0 Å². The van der Waals surface area contributed by atoms with E-state index in [1.165, 1.54) is 0 Å². The lowest BCUT2D eigenvalue weighted by molar-refractivity contribution is -0.117. The fourth-order valence-electron chi connectivity index (χ4n) is 3.45. The highest BCUT2D eigenvalue weighted by Crippen LogP contribution is 2.30. The van der Waals surface area contributed by atoms with Crippen LogP contribution in [-0.4, -0.2) is 21.6 Å². The minimum atomic E-state index is -0.152. The minimum Gasteiger partial charge on any atom is -0.346 e. The molecule has 1 fully saturated rings. The molecule has 4 rings (SSSR count). The molecule has 0 spiro atoms. The Bertz CT molecular complexity index is 1060. The van der Waals surface area contributed by atoms with E-state index in [4.69, 9.17) is 0 Å². The SMILES string of the molecule is Cc1cc(C)n(-c2ccc(C(=O)NC(C)c3ccc(NC(=O)C4CC4)cc3)cc2)n1. The van der Waals surface area contributed by atoms with E-state index in [0.717, 1.165) is 41.2 Å². The van der Waals surface area contributed by atoms with E-state index in [2.05, 4.69) is 15.7 Å². The quantitative estimate of drug-likeness (QED) is 0.644. The number of hydrogen-bond donors (Lipinski definition) is 2. The lowest BCUT2D eigenvalue weighted by Gasteiger charge is -2.15. The molecule has 2 aromatic carbocycles. The maximum atomic E-state index is 12.7. The zero-order valence-electron chi connectivity index (χ0n) is 17.5. The highest BCUT2D eigenvalue weighted by molar-refractivity contribution is 5.95. The molecule has 1 unspecified atom stereocenters. The number of aryl methyl sites for hydroxylation is 2. The van der Waals surface area contributed by atoms with Crippen molar-refractivity contribution in [2.45, 2.75) is 39.7 Å². The van der Waals surface area contributed by atoms with Crippen LogP contribution in [-0.2, 0) is 4.79 Å². The third-order valence-electron chi connectivity index (χ3n) is 5.36. The van der Waals surface area contributed by atoms with Crippen LogP contribution >= 0.6 is 0 Å². The third kappa shape index (κ3) is 4.43. The van der Waals surface area contributed by atoms with Gasteiger partial charge in [-0.3, -0.25) is 9.59 Å². The molecular weight excluding hydrogens is 376 g/mol. The van der Waals surface area contributed by atoms with Gasteiger partial charge < -0.3 is 10.6 Å². The van der Waals surface area contributed by atoms with Crippen LogP contribution in [0.3, 0.4) is 0 Å². The minimum absolute atomic E-state index is 0.0908. The normalized spacial score (nSPS) is 14.2. The topological polar surface area (TPSA) is 76.0 Å². The first-order valence-corrected chi connectivity index (χ1v) is 10.3. The van der Waals surface area contributed by atoms with Crippen LogP contribution in [0.5, 0.6) is 0 Å². The molecule has 1 atom stereocenters. The van der Waals surface area contributed by atoms with E-state index in [1.807, 2.05) is 80.1 Å². The summed E-state index contributed by atoms with van der Waals surface area (Å²) in [5, 5.41) is 10.4. The third-order valence-corrected chi connectivity index (χ3v) is 5.36. The van der Waals surface area contributed by atoms with Crippen molar-refractivity contribution in [2.24, 2.45) is 5.92 Å². The Kier molecular flexibility index (Phi) is 5.40. The van der Waals surface area contributed by atoms with Crippen molar-refractivity contribution in [3.63, 3.8) is 0 Å². The molecule has 154 valence electrons. The summed E-state index contributed by atoms with van der Waals surface area (Å²) in [7, 11) is 0. The van der Waals surface area contributed by atoms with Crippen LogP contribution in [0.15, 0.2) is 54.6 Å². The first kappa shape index (κ1) is 19.9. The molecule has 0 radical (unpaired) electrons. The molecule has 3 aromatic rings. The predicted molar refractivity (Wildman–Crippen MR) is 117 cm³/mol. The summed E-state index contributed by atoms with van der Waals surface area (Å²) < 4.78 is 1.86. The summed E-state index contributed by atoms with van der Waals surface area (Å²) in [6.45, 7) is 5.91. The Morgan fingerprint density at radius 1 is 1.03 bits per heavy atom. The number of nitrogens with zero attached hydrogens (tertiary/aromatic N) is 2. The number of amides is 2. The summed E-state index contributed by atoms with van der Waals surface area (Å²) in [5.41, 5.74) is 5.30. The van der Waals surface area contributed by atoms with Crippen LogP contribution in [0.25, 0.3) is 5.69 Å². The van der Waals surface area contributed by atoms with Crippen molar-refractivity contribution < 1.29 is 9.59 Å². The zero-order chi connectivity index (χ0) is 21.3. The monoisotopic (exact) mass is 402 g/mol. The van der Waals surface area contributed by atoms with Gasteiger partial charge in [-0.25, -0.2) is 4.68 Å². The van der Waals surface area contributed by atoms with Crippen LogP contribution in [0, 0.1) is 19.8 Å². The van der Waals surface area contributed by atoms with Gasteiger partial charge in [0.15, 0.2) is 0 Å². The van der Waals surface area contributed by atoms with E-state index >= 15 is 0 Å². The number of carbonyl (C=O) groups is 2. The second-order valence-corrected chi connectivity index (χ2v) is 7.97. The molecule has 1 aliphatic rings. The zero-order valence-corrected chi connectivity index (χ0v) is 17.5. The van der Waals surface area contributed by atoms with E-state index < -0.39 is 0 Å². The molecule has 1 heterocycles. The van der Waals surface area contributed by atoms with E-state index in [1.54, 1.807) is 0 Å². The van der Waals surface area contributed by atoms with Gasteiger partial charge in [-0.15, -0.1) is 0 Å². The van der Waals surface area contributed by atoms with Gasteiger partial charge >= 0.3 is 0 Å². The van der Waals surface area contributed by atoms with Crippen molar-refractivity contribution >= 4 is 17.5 Å². The Labute approximate surface area is 176 Å². The Morgan fingerprint density at radius 3 is 2.27 bits per heavy atom. The Hall–Kier alpha value is -3.41. The second kappa shape index (κ2) is 8.14. The second-order valence-electron chi connectivity index (χ2n) is 7.97. The average Bonchev–Trinajstić information content (AvgIpc) is 3.53. The number of carbonyl (C=O) groups excluding carboxylic acids is 2. The van der Waals surface area contributed by atoms with E-state index in [9.17, 15) is 9.59 Å². The van der Waals surface area contributed by atoms with Crippen LogP contribution < -0.4 is 10.6 Å². The lowest BCUT2D eigenvalue weighted by Crippen LogP contribution is -2.26. The highest BCUT2D eigenvalue weighted by Gasteiger charge is 2.29. The maximum Gasteiger partial charge on any atom is 0.251 e. The van der Waals surface area contributed by atoms with E-state index in [-0.39, 0.29) is 23.8 Å². The predicted octanol–water partition coefficient (Wildman–Crippen LogP) is 4.33. The molecule has 0 bridgehead atoms. The largest absolute Gasteiger partial charge is 0.346 e. The van der Waals surface area contributed by atoms with Gasteiger partial charge in [0.1, 0.15) is 0 Å². The number of rotatable bonds is 6. The molecule has 1 aromatic heterocycles. The van der Waals surface area contributed by atoms with Gasteiger partial charge in [0.25, 0.3) is 5.91 Å². The summed E-state index contributed by atoms with van der Waals surface area (Å²) in [6, 6.07) is 16.9. The van der Waals surface area contributed by atoms with E-state index in [0.29, 0.717) is 5.56 Å². The fraction of sp³-hybridized carbons (Fsp3) is 0.292. The van der Waals surface area contributed by atoms with Gasteiger partial charge in [-0.2, -0.15) is 5.10 Å². The summed E-state index contributed by atoms with van der Waals surface area (Å²) in [6.07, 6.45) is 1.96. The van der Waals surface area contributed by atoms with Gasteiger partial charge in [0.05, 0.1) is 17.4 Å². The molecule has 2 amide bonds. The van der Waals surface area contributed by atoms with Gasteiger partial charge in [-0.05, 0) is 81.6 Å². The number of nitrogens with one attached hydrogen (secondary N) is 2. The summed E-state index contributed by atoms with van der Waals surface area (Å²) in [4.78, 5) is 24.5. The van der Waals surface area contributed by atoms with Crippen molar-refractivity contribution in [1.82, 2.24) is 15.1 Å². The first-order chi connectivity index (χ1) is 14.4. The lowest BCUT2D eigenvalue weighted by atomic mass is 10.1. The van der Waals surface area contributed by atoms with Crippen molar-refractivity contribution in [1.29, 1.82) is 0 Å². The first-order valence-electron chi connectivity index (χ1n) is 10.3. The Morgan fingerprint density at radius 2 is 1.70 bits per heavy atom. The number of hydrogen-bond acceptors (Lipinski definition) is 3. The van der Waals surface area contributed by atoms with Crippen molar-refractivity contribution in [3.05, 3.63) is 77.1 Å². The van der Waals surface area contributed by atoms with Crippen molar-refractivity contribution in [3.8, 4) is 5.69 Å². The molecule has 0 saturated heterocycles. The highest BCUT2D eigenvalue weighted by atomic mass is 16.2. The molecule has 6 nitrogen and oxygen atoms in total. The molecule has 1 aliphatic carbocycles. The molecule has 6 heteroatoms. The number of aromatic nitrogens is 2. The molecular formula is C24H26N4O2. The fourth-order valence-corrected chi connectivity index (χ4v) is 3.45. The van der Waals surface area contributed by atoms with Gasteiger partial charge in [0.2, 0.25) is 5.91 Å². The van der Waals surface area contributed by atoms with Gasteiger partial charge in [0, 0.05) is 22.9 Å². The standard InChI is InChI=1S/C24H26N4O2/c1-15-14-16(2)28(27-15)22-12-8-20(9-13-22)23(29)25-17(3)18-6-10-21(11-7-18)26-24(30)19-4-5-19/h6-14,17,19H,4-5H2,1-3H3,(H,25,29)(H,26,30). The van der Waals surface area contributed by atoms with Crippen LogP contribution in [0.4, 0.5) is 5.69 Å². The molecule has 2 N–H and O–H groups in total. The average molecular weight is 402 g/mol. The summed E-state index contributed by atoms with van der Waals surface area (Å²) in [5.74, 6) is 0.136. The maximum absolute atomic E-state index is 12.7. The smallest absolute Gasteiger partial charge is 0.251 e. The van der Waals surface area contributed by atoms with Crippen molar-refractivity contribution in [2.75, 3.05) is 5.32 Å². The summed E-state index contributed by atoms with van der Waals surface area (Å²) >= 11 is 0. The number of anilines is 1. The van der Waals surface area contributed by atoms with Crippen LogP contribution in [0.1, 0.15) is 53.1 Å². The molecule has 0 aliphatic heterocycles. The number of benzene rings is 2.